The first-order valence-electron chi connectivity index (χ1n) is 7.42. The molecule has 0 aliphatic carbocycles. The summed E-state index contributed by atoms with van der Waals surface area (Å²) >= 11 is 1.14. The molecule has 124 valence electrons. The fraction of sp³-hybridized carbons (Fsp3) is 0.235. The Labute approximate surface area is 143 Å². The Bertz CT molecular complexity index is 873. The number of nitrogens with zero attached hydrogens (tertiary/aromatic N) is 3. The van der Waals surface area contributed by atoms with Crippen LogP contribution in [0.4, 0.5) is 0 Å². The van der Waals surface area contributed by atoms with Gasteiger partial charge < -0.3 is 9.84 Å². The summed E-state index contributed by atoms with van der Waals surface area (Å²) in [6, 6.07) is 14.0. The van der Waals surface area contributed by atoms with E-state index in [1.165, 1.54) is 0 Å². The number of aliphatic carboxylic acids is 1. The van der Waals surface area contributed by atoms with Gasteiger partial charge in [0.2, 0.25) is 0 Å². The van der Waals surface area contributed by atoms with Crippen LogP contribution < -0.4 is 0 Å². The number of benzene rings is 2. The highest BCUT2D eigenvalue weighted by Gasteiger charge is 2.21. The minimum Gasteiger partial charge on any atom is -0.481 e. The molecule has 0 amide bonds. The smallest absolute Gasteiger partial charge is 0.313 e. The summed E-state index contributed by atoms with van der Waals surface area (Å²) in [5.41, 5.74) is 0.907. The van der Waals surface area contributed by atoms with Gasteiger partial charge in [-0.25, -0.2) is 0 Å². The second kappa shape index (κ2) is 7.02. The first-order valence-corrected chi connectivity index (χ1v) is 8.41. The summed E-state index contributed by atoms with van der Waals surface area (Å²) in [6.45, 7) is 1.89. The summed E-state index contributed by atoms with van der Waals surface area (Å²) in [4.78, 5) is 10.9. The number of ether oxygens (including phenoxy) is 1. The SMILES string of the molecule is CO[C@@H](C)c1nnc(SCC(=O)O)n1-c1cccc2ccccc12. The molecule has 6 nitrogen and oxygen atoms in total. The topological polar surface area (TPSA) is 77.2 Å². The Morgan fingerprint density at radius 2 is 2.00 bits per heavy atom. The molecule has 3 rings (SSSR count). The second-order valence-electron chi connectivity index (χ2n) is 5.23. The molecule has 0 radical (unpaired) electrons. The molecular weight excluding hydrogens is 326 g/mol. The predicted molar refractivity (Wildman–Crippen MR) is 92.6 cm³/mol. The number of carboxylic acid groups (broad SMARTS) is 1. The molecule has 1 aromatic heterocycles. The third-order valence-electron chi connectivity index (χ3n) is 3.71. The van der Waals surface area contributed by atoms with Crippen molar-refractivity contribution in [2.24, 2.45) is 0 Å². The molecule has 1 N–H and O–H groups in total. The van der Waals surface area contributed by atoms with Gasteiger partial charge in [0.05, 0.1) is 11.4 Å². The second-order valence-corrected chi connectivity index (χ2v) is 6.18. The lowest BCUT2D eigenvalue weighted by Gasteiger charge is -2.15. The molecule has 0 saturated heterocycles. The van der Waals surface area contributed by atoms with Crippen LogP contribution in [-0.4, -0.2) is 38.7 Å². The quantitative estimate of drug-likeness (QED) is 0.692. The zero-order chi connectivity index (χ0) is 17.1. The van der Waals surface area contributed by atoms with Crippen LogP contribution in [0.1, 0.15) is 18.9 Å². The van der Waals surface area contributed by atoms with Crippen LogP contribution in [0.15, 0.2) is 47.6 Å². The largest absolute Gasteiger partial charge is 0.481 e. The normalized spacial score (nSPS) is 12.4. The molecule has 1 atom stereocenters. The molecule has 0 aliphatic heterocycles. The van der Waals surface area contributed by atoms with Gasteiger partial charge in [0.1, 0.15) is 6.10 Å². The van der Waals surface area contributed by atoms with E-state index in [-0.39, 0.29) is 11.9 Å². The van der Waals surface area contributed by atoms with E-state index in [4.69, 9.17) is 9.84 Å². The summed E-state index contributed by atoms with van der Waals surface area (Å²) in [7, 11) is 1.61. The number of carbonyl (C=O) groups is 1. The van der Waals surface area contributed by atoms with Crippen LogP contribution in [0.3, 0.4) is 0 Å². The molecule has 2 aromatic carbocycles. The Hall–Kier alpha value is -2.38. The van der Waals surface area contributed by atoms with Crippen molar-refractivity contribution in [1.29, 1.82) is 0 Å². The standard InChI is InChI=1S/C17H17N3O3S/c1-11(23-2)16-18-19-17(24-10-15(21)22)20(16)14-9-5-7-12-6-3-4-8-13(12)14/h3-9,11H,10H2,1-2H3,(H,21,22)/t11-/m0/s1. The van der Waals surface area contributed by atoms with Crippen molar-refractivity contribution in [2.45, 2.75) is 18.2 Å². The van der Waals surface area contributed by atoms with Crippen LogP contribution in [0.2, 0.25) is 0 Å². The van der Waals surface area contributed by atoms with E-state index in [0.29, 0.717) is 11.0 Å². The van der Waals surface area contributed by atoms with Gasteiger partial charge in [0.25, 0.3) is 0 Å². The fourth-order valence-corrected chi connectivity index (χ4v) is 3.17. The first-order chi connectivity index (χ1) is 11.6. The van der Waals surface area contributed by atoms with Crippen molar-refractivity contribution in [3.05, 3.63) is 48.3 Å². The van der Waals surface area contributed by atoms with Gasteiger partial charge in [-0.3, -0.25) is 9.36 Å². The molecule has 0 aliphatic rings. The average Bonchev–Trinajstić information content (AvgIpc) is 3.02. The molecule has 0 fully saturated rings. The molecule has 0 unspecified atom stereocenters. The number of aromatic nitrogens is 3. The van der Waals surface area contributed by atoms with E-state index < -0.39 is 5.97 Å². The molecule has 0 spiro atoms. The Morgan fingerprint density at radius 1 is 1.25 bits per heavy atom. The molecule has 3 aromatic rings. The maximum atomic E-state index is 10.9. The number of hydrogen-bond donors (Lipinski definition) is 1. The lowest BCUT2D eigenvalue weighted by atomic mass is 10.1. The van der Waals surface area contributed by atoms with E-state index in [9.17, 15) is 4.79 Å². The molecule has 0 saturated carbocycles. The average molecular weight is 343 g/mol. The Balaban J connectivity index is 2.19. The van der Waals surface area contributed by atoms with Crippen molar-refractivity contribution in [2.75, 3.05) is 12.9 Å². The number of thioether (sulfide) groups is 1. The minimum absolute atomic E-state index is 0.0791. The zero-order valence-electron chi connectivity index (χ0n) is 13.3. The lowest BCUT2D eigenvalue weighted by Crippen LogP contribution is -2.09. The summed E-state index contributed by atoms with van der Waals surface area (Å²) < 4.78 is 7.28. The van der Waals surface area contributed by atoms with Crippen LogP contribution in [-0.2, 0) is 9.53 Å². The fourth-order valence-electron chi connectivity index (χ4n) is 2.50. The molecular formula is C17H17N3O3S. The third kappa shape index (κ3) is 3.13. The van der Waals surface area contributed by atoms with E-state index in [1.54, 1.807) is 7.11 Å². The number of fused-ring (bicyclic) bond motifs is 1. The Kier molecular flexibility index (Phi) is 4.82. The van der Waals surface area contributed by atoms with Crippen molar-refractivity contribution in [3.63, 3.8) is 0 Å². The first kappa shape index (κ1) is 16.5. The van der Waals surface area contributed by atoms with Gasteiger partial charge in [-0.1, -0.05) is 48.2 Å². The highest BCUT2D eigenvalue weighted by molar-refractivity contribution is 7.99. The molecule has 0 bridgehead atoms. The Morgan fingerprint density at radius 3 is 2.75 bits per heavy atom. The molecule has 7 heteroatoms. The van der Waals surface area contributed by atoms with Gasteiger partial charge in [0, 0.05) is 12.5 Å². The van der Waals surface area contributed by atoms with Crippen LogP contribution >= 0.6 is 11.8 Å². The van der Waals surface area contributed by atoms with Crippen LogP contribution in [0, 0.1) is 0 Å². The van der Waals surface area contributed by atoms with Gasteiger partial charge in [-0.2, -0.15) is 0 Å². The molecule has 24 heavy (non-hydrogen) atoms. The molecule has 1 heterocycles. The van der Waals surface area contributed by atoms with E-state index in [2.05, 4.69) is 10.2 Å². The van der Waals surface area contributed by atoms with Gasteiger partial charge in [0.15, 0.2) is 11.0 Å². The number of hydrogen-bond acceptors (Lipinski definition) is 5. The maximum absolute atomic E-state index is 10.9. The zero-order valence-corrected chi connectivity index (χ0v) is 14.2. The van der Waals surface area contributed by atoms with E-state index in [0.717, 1.165) is 28.2 Å². The van der Waals surface area contributed by atoms with Crippen molar-refractivity contribution >= 4 is 28.5 Å². The van der Waals surface area contributed by atoms with Crippen LogP contribution in [0.25, 0.3) is 16.5 Å². The monoisotopic (exact) mass is 343 g/mol. The van der Waals surface area contributed by atoms with E-state index in [1.807, 2.05) is 54.0 Å². The lowest BCUT2D eigenvalue weighted by molar-refractivity contribution is -0.133. The van der Waals surface area contributed by atoms with Gasteiger partial charge in [-0.05, 0) is 18.4 Å². The predicted octanol–water partition coefficient (Wildman–Crippen LogP) is 3.30. The minimum atomic E-state index is -0.895. The maximum Gasteiger partial charge on any atom is 0.313 e. The van der Waals surface area contributed by atoms with Crippen LogP contribution in [0.5, 0.6) is 0 Å². The summed E-state index contributed by atoms with van der Waals surface area (Å²) in [5.74, 6) is -0.333. The highest BCUT2D eigenvalue weighted by Crippen LogP contribution is 2.30. The summed E-state index contributed by atoms with van der Waals surface area (Å²) in [6.07, 6.45) is -0.268. The summed E-state index contributed by atoms with van der Waals surface area (Å²) in [5, 5.41) is 20.0. The van der Waals surface area contributed by atoms with Crippen molar-refractivity contribution in [3.8, 4) is 5.69 Å². The number of methoxy groups -OCH3 is 1. The third-order valence-corrected chi connectivity index (χ3v) is 4.62. The van der Waals surface area contributed by atoms with Crippen molar-refractivity contribution < 1.29 is 14.6 Å². The van der Waals surface area contributed by atoms with Crippen molar-refractivity contribution in [1.82, 2.24) is 14.8 Å². The number of carboxylic acids is 1. The van der Waals surface area contributed by atoms with E-state index >= 15 is 0 Å². The van der Waals surface area contributed by atoms with Gasteiger partial charge in [-0.15, -0.1) is 10.2 Å². The highest BCUT2D eigenvalue weighted by atomic mass is 32.2. The number of rotatable bonds is 6. The van der Waals surface area contributed by atoms with Gasteiger partial charge >= 0.3 is 5.97 Å².